The zero-order valence-electron chi connectivity index (χ0n) is 11.0. The molecular weight excluding hydrogens is 329 g/mol. The van der Waals surface area contributed by atoms with Gasteiger partial charge >= 0.3 is 5.97 Å². The molecule has 1 saturated carbocycles. The fraction of sp³-hybridized carbons (Fsp3) is 0.500. The average Bonchev–Trinajstić information content (AvgIpc) is 2.89. The number of aliphatic hydroxyl groups is 1. The molecule has 20 heavy (non-hydrogen) atoms. The van der Waals surface area contributed by atoms with Crippen LogP contribution in [0.25, 0.3) is 0 Å². The van der Waals surface area contributed by atoms with E-state index >= 15 is 0 Å². The third kappa shape index (κ3) is 2.96. The molecule has 1 aromatic rings. The van der Waals surface area contributed by atoms with E-state index in [9.17, 15) is 14.3 Å². The minimum atomic E-state index is -1.18. The van der Waals surface area contributed by atoms with E-state index in [0.717, 1.165) is 25.7 Å². The van der Waals surface area contributed by atoms with Crippen molar-refractivity contribution in [1.29, 1.82) is 0 Å². The van der Waals surface area contributed by atoms with Gasteiger partial charge in [-0.3, -0.25) is 0 Å². The number of carboxylic acids is 1. The van der Waals surface area contributed by atoms with Crippen molar-refractivity contribution in [3.8, 4) is 0 Å². The van der Waals surface area contributed by atoms with Crippen LogP contribution in [0.2, 0.25) is 0 Å². The van der Waals surface area contributed by atoms with E-state index in [1.165, 1.54) is 12.1 Å². The van der Waals surface area contributed by atoms with Crippen LogP contribution < -0.4 is 5.32 Å². The maximum absolute atomic E-state index is 14.1. The molecule has 0 aliphatic heterocycles. The van der Waals surface area contributed by atoms with Gasteiger partial charge in [-0.15, -0.1) is 0 Å². The number of rotatable bonds is 5. The molecule has 110 valence electrons. The van der Waals surface area contributed by atoms with Crippen LogP contribution >= 0.6 is 15.9 Å². The lowest BCUT2D eigenvalue weighted by atomic mass is 9.87. The summed E-state index contributed by atoms with van der Waals surface area (Å²) in [5.41, 5.74) is -0.0444. The van der Waals surface area contributed by atoms with Crippen molar-refractivity contribution in [1.82, 2.24) is 0 Å². The molecule has 0 atom stereocenters. The number of carboxylic acid groups (broad SMARTS) is 1. The van der Waals surface area contributed by atoms with E-state index in [4.69, 9.17) is 5.11 Å². The molecule has 0 radical (unpaired) electrons. The molecule has 0 amide bonds. The first-order valence-corrected chi connectivity index (χ1v) is 7.34. The van der Waals surface area contributed by atoms with Crippen LogP contribution in [0.15, 0.2) is 16.6 Å². The predicted molar refractivity (Wildman–Crippen MR) is 77.5 cm³/mol. The molecule has 0 bridgehead atoms. The Morgan fingerprint density at radius 3 is 2.60 bits per heavy atom. The van der Waals surface area contributed by atoms with E-state index < -0.39 is 11.8 Å². The van der Waals surface area contributed by atoms with E-state index in [0.29, 0.717) is 6.54 Å². The summed E-state index contributed by atoms with van der Waals surface area (Å²) < 4.78 is 14.0. The molecule has 1 aliphatic carbocycles. The molecule has 4 nitrogen and oxygen atoms in total. The lowest BCUT2D eigenvalue weighted by Crippen LogP contribution is -2.30. The fourth-order valence-corrected chi connectivity index (χ4v) is 3.17. The second-order valence-corrected chi connectivity index (χ2v) is 6.11. The summed E-state index contributed by atoms with van der Waals surface area (Å²) in [5, 5.41) is 21.4. The van der Waals surface area contributed by atoms with Gasteiger partial charge in [0.15, 0.2) is 5.82 Å². The quantitative estimate of drug-likeness (QED) is 0.766. The smallest absolute Gasteiger partial charge is 0.336 e. The normalized spacial score (nSPS) is 17.1. The van der Waals surface area contributed by atoms with Gasteiger partial charge in [-0.1, -0.05) is 12.8 Å². The number of aliphatic hydroxyl groups excluding tert-OH is 1. The molecule has 1 fully saturated rings. The summed E-state index contributed by atoms with van der Waals surface area (Å²) in [6, 6.07) is 2.78. The molecule has 0 unspecified atom stereocenters. The van der Waals surface area contributed by atoms with Gasteiger partial charge < -0.3 is 15.5 Å². The first-order valence-electron chi connectivity index (χ1n) is 6.55. The number of benzene rings is 1. The Hall–Kier alpha value is -1.14. The number of halogens is 2. The Balaban J connectivity index is 2.14. The maximum atomic E-state index is 14.1. The highest BCUT2D eigenvalue weighted by Crippen LogP contribution is 2.38. The summed E-state index contributed by atoms with van der Waals surface area (Å²) in [6.07, 6.45) is 4.00. The van der Waals surface area contributed by atoms with Crippen LogP contribution in [0.1, 0.15) is 36.0 Å². The van der Waals surface area contributed by atoms with Crippen LogP contribution in [0.4, 0.5) is 10.1 Å². The minimum absolute atomic E-state index is 0.0560. The molecule has 0 spiro atoms. The molecule has 0 aromatic heterocycles. The van der Waals surface area contributed by atoms with Gasteiger partial charge in [0, 0.05) is 12.0 Å². The number of aromatic carboxylic acids is 1. The molecule has 1 aromatic carbocycles. The van der Waals surface area contributed by atoms with Crippen molar-refractivity contribution < 1.29 is 19.4 Å². The van der Waals surface area contributed by atoms with Crippen molar-refractivity contribution in [2.45, 2.75) is 25.7 Å². The monoisotopic (exact) mass is 345 g/mol. The molecule has 0 saturated heterocycles. The lowest BCUT2D eigenvalue weighted by Gasteiger charge is -2.27. The van der Waals surface area contributed by atoms with Gasteiger partial charge in [0.2, 0.25) is 0 Å². The minimum Gasteiger partial charge on any atom is -0.478 e. The third-order valence-electron chi connectivity index (χ3n) is 3.97. The number of carbonyl (C=O) groups is 1. The number of anilines is 1. The van der Waals surface area contributed by atoms with Crippen LogP contribution in [0, 0.1) is 11.2 Å². The summed E-state index contributed by atoms with van der Waals surface area (Å²) in [7, 11) is 0. The number of hydrogen-bond acceptors (Lipinski definition) is 3. The van der Waals surface area contributed by atoms with Crippen LogP contribution in [-0.2, 0) is 0 Å². The second kappa shape index (κ2) is 6.10. The Kier molecular flexibility index (Phi) is 4.65. The van der Waals surface area contributed by atoms with Crippen LogP contribution in [0.5, 0.6) is 0 Å². The molecule has 2 rings (SSSR count). The van der Waals surface area contributed by atoms with Crippen molar-refractivity contribution in [3.63, 3.8) is 0 Å². The van der Waals surface area contributed by atoms with Gasteiger partial charge in [0.05, 0.1) is 22.3 Å². The first-order chi connectivity index (χ1) is 9.49. The Morgan fingerprint density at radius 1 is 1.40 bits per heavy atom. The SMILES string of the molecule is O=C(O)c1ccc(NCC2(CO)CCCC2)c(F)c1Br. The van der Waals surface area contributed by atoms with E-state index in [1.54, 1.807) is 0 Å². The van der Waals surface area contributed by atoms with Gasteiger partial charge in [-0.05, 0) is 40.9 Å². The van der Waals surface area contributed by atoms with E-state index in [1.807, 2.05) is 0 Å². The molecule has 1 aliphatic rings. The van der Waals surface area contributed by atoms with Gasteiger partial charge in [0.1, 0.15) is 0 Å². The lowest BCUT2D eigenvalue weighted by molar-refractivity contribution is 0.0695. The average molecular weight is 346 g/mol. The van der Waals surface area contributed by atoms with E-state index in [-0.39, 0.29) is 27.7 Å². The summed E-state index contributed by atoms with van der Waals surface area (Å²) in [6.45, 7) is 0.565. The van der Waals surface area contributed by atoms with Crippen LogP contribution in [-0.4, -0.2) is 29.3 Å². The first kappa shape index (κ1) is 15.3. The van der Waals surface area contributed by atoms with Gasteiger partial charge in [0.25, 0.3) is 0 Å². The number of hydrogen-bond donors (Lipinski definition) is 3. The zero-order valence-corrected chi connectivity index (χ0v) is 12.5. The van der Waals surface area contributed by atoms with E-state index in [2.05, 4.69) is 21.2 Å². The summed E-state index contributed by atoms with van der Waals surface area (Å²) >= 11 is 2.97. The Morgan fingerprint density at radius 2 is 2.05 bits per heavy atom. The fourth-order valence-electron chi connectivity index (χ4n) is 2.65. The van der Waals surface area contributed by atoms with Gasteiger partial charge in [-0.2, -0.15) is 0 Å². The highest BCUT2D eigenvalue weighted by atomic mass is 79.9. The highest BCUT2D eigenvalue weighted by molar-refractivity contribution is 9.10. The zero-order chi connectivity index (χ0) is 14.8. The molecule has 0 heterocycles. The van der Waals surface area contributed by atoms with Gasteiger partial charge in [-0.25, -0.2) is 9.18 Å². The maximum Gasteiger partial charge on any atom is 0.336 e. The second-order valence-electron chi connectivity index (χ2n) is 5.31. The Labute approximate surface area is 125 Å². The summed E-state index contributed by atoms with van der Waals surface area (Å²) in [5.74, 6) is -1.79. The van der Waals surface area contributed by atoms with Crippen LogP contribution in [0.3, 0.4) is 0 Å². The largest absolute Gasteiger partial charge is 0.478 e. The Bertz CT molecular complexity index is 515. The topological polar surface area (TPSA) is 69.6 Å². The highest BCUT2D eigenvalue weighted by Gasteiger charge is 2.33. The van der Waals surface area contributed by atoms with Crippen molar-refractivity contribution >= 4 is 27.6 Å². The van der Waals surface area contributed by atoms with Crippen molar-refractivity contribution in [2.75, 3.05) is 18.5 Å². The molecule has 3 N–H and O–H groups in total. The third-order valence-corrected chi connectivity index (χ3v) is 4.74. The van der Waals surface area contributed by atoms with Crippen molar-refractivity contribution in [2.24, 2.45) is 5.41 Å². The number of nitrogens with one attached hydrogen (secondary N) is 1. The molecular formula is C14H17BrFNO3. The standard InChI is InChI=1S/C14H17BrFNO3/c15-11-9(13(19)20)3-4-10(12(11)16)17-7-14(8-18)5-1-2-6-14/h3-4,17-18H,1-2,5-8H2,(H,19,20). The summed E-state index contributed by atoms with van der Waals surface area (Å²) in [4.78, 5) is 10.9. The molecule has 6 heteroatoms. The predicted octanol–water partition coefficient (Wildman–Crippen LogP) is 3.25. The van der Waals surface area contributed by atoms with Crippen molar-refractivity contribution in [3.05, 3.63) is 28.0 Å².